The highest BCUT2D eigenvalue weighted by Crippen LogP contribution is 2.21. The van der Waals surface area contributed by atoms with Gasteiger partial charge in [0.05, 0.1) is 16.3 Å². The molecule has 1 heterocycles. The molecule has 0 spiro atoms. The van der Waals surface area contributed by atoms with Gasteiger partial charge in [-0.15, -0.1) is 0 Å². The minimum Gasteiger partial charge on any atom is -0.351 e. The van der Waals surface area contributed by atoms with Gasteiger partial charge in [0.1, 0.15) is 6.04 Å². The lowest BCUT2D eigenvalue weighted by atomic mass is 10.1. The van der Waals surface area contributed by atoms with E-state index in [-0.39, 0.29) is 28.3 Å². The van der Waals surface area contributed by atoms with Crippen LogP contribution in [0.15, 0.2) is 18.2 Å². The van der Waals surface area contributed by atoms with Crippen molar-refractivity contribution in [3.63, 3.8) is 0 Å². The third-order valence-corrected chi connectivity index (χ3v) is 8.04. The average molecular weight is 496 g/mol. The molecule has 1 aromatic carbocycles. The summed E-state index contributed by atoms with van der Waals surface area (Å²) in [7, 11) is -3.22. The number of rotatable bonds is 9. The number of carbonyl (C=O) groups excluding carboxylic acids is 2. The summed E-state index contributed by atoms with van der Waals surface area (Å²) in [5, 5.41) is 6.36. The van der Waals surface area contributed by atoms with Gasteiger partial charge in [-0.2, -0.15) is 11.8 Å². The lowest BCUT2D eigenvalue weighted by Crippen LogP contribution is -2.53. The summed E-state index contributed by atoms with van der Waals surface area (Å²) in [4.78, 5) is 25.5. The summed E-state index contributed by atoms with van der Waals surface area (Å²) >= 11 is 13.6. The van der Waals surface area contributed by atoms with Crippen LogP contribution < -0.4 is 10.6 Å². The quantitative estimate of drug-likeness (QED) is 0.548. The molecule has 0 aliphatic carbocycles. The number of piperidine rings is 1. The molecule has 1 aliphatic heterocycles. The van der Waals surface area contributed by atoms with E-state index in [9.17, 15) is 18.0 Å². The second-order valence-electron chi connectivity index (χ2n) is 7.01. The normalized spacial score (nSPS) is 16.8. The smallest absolute Gasteiger partial charge is 0.253 e. The number of sulfonamides is 1. The van der Waals surface area contributed by atoms with Crippen molar-refractivity contribution in [1.29, 1.82) is 0 Å². The highest BCUT2D eigenvalue weighted by molar-refractivity contribution is 7.98. The van der Waals surface area contributed by atoms with Gasteiger partial charge >= 0.3 is 0 Å². The number of hydrogen-bond donors (Lipinski definition) is 2. The average Bonchev–Trinajstić information content (AvgIpc) is 2.71. The summed E-state index contributed by atoms with van der Waals surface area (Å²) < 4.78 is 25.4. The van der Waals surface area contributed by atoms with Gasteiger partial charge in [-0.3, -0.25) is 9.59 Å². The van der Waals surface area contributed by atoms with E-state index in [1.54, 1.807) is 24.8 Å². The van der Waals surface area contributed by atoms with Gasteiger partial charge in [-0.1, -0.05) is 23.2 Å². The molecule has 30 heavy (non-hydrogen) atoms. The van der Waals surface area contributed by atoms with Gasteiger partial charge in [-0.25, -0.2) is 12.7 Å². The highest BCUT2D eigenvalue weighted by atomic mass is 35.5. The largest absolute Gasteiger partial charge is 0.351 e. The molecule has 0 radical (unpaired) electrons. The number of nitrogens with one attached hydrogen (secondary N) is 2. The maximum atomic E-state index is 12.8. The Morgan fingerprint density at radius 1 is 1.27 bits per heavy atom. The summed E-state index contributed by atoms with van der Waals surface area (Å²) in [6, 6.07) is 3.72. The first-order valence-corrected chi connectivity index (χ1v) is 13.5. The molecule has 1 aliphatic rings. The Kier molecular flexibility index (Phi) is 9.74. The van der Waals surface area contributed by atoms with Crippen molar-refractivity contribution < 1.29 is 18.0 Å². The molecule has 1 aromatic rings. The first kappa shape index (κ1) is 25.3. The number of hydrogen-bond acceptors (Lipinski definition) is 5. The van der Waals surface area contributed by atoms with Crippen molar-refractivity contribution in [2.75, 3.05) is 30.9 Å². The topological polar surface area (TPSA) is 95.6 Å². The molecule has 2 rings (SSSR count). The van der Waals surface area contributed by atoms with Crippen molar-refractivity contribution in [1.82, 2.24) is 14.9 Å². The van der Waals surface area contributed by atoms with Crippen LogP contribution in [-0.2, 0) is 14.8 Å². The molecule has 1 saturated heterocycles. The number of nitrogens with zero attached hydrogens (tertiary/aromatic N) is 1. The number of halogens is 2. The molecule has 2 amide bonds. The van der Waals surface area contributed by atoms with E-state index in [1.807, 2.05) is 6.26 Å². The minimum absolute atomic E-state index is 0.0695. The van der Waals surface area contributed by atoms with Crippen molar-refractivity contribution in [2.24, 2.45) is 0 Å². The van der Waals surface area contributed by atoms with Gasteiger partial charge in [-0.05, 0) is 56.4 Å². The van der Waals surface area contributed by atoms with E-state index >= 15 is 0 Å². The Balaban J connectivity index is 1.99. The van der Waals surface area contributed by atoms with Crippen LogP contribution in [0.4, 0.5) is 0 Å². The summed E-state index contributed by atoms with van der Waals surface area (Å²) in [5.41, 5.74) is 0.251. The van der Waals surface area contributed by atoms with E-state index < -0.39 is 22.0 Å². The van der Waals surface area contributed by atoms with Crippen molar-refractivity contribution in [2.45, 2.75) is 38.3 Å². The number of carbonyl (C=O) groups is 2. The molecule has 1 atom stereocenters. The van der Waals surface area contributed by atoms with Crippen LogP contribution in [0.1, 0.15) is 36.5 Å². The molecule has 168 valence electrons. The number of amides is 2. The fraction of sp³-hybridized carbons (Fsp3) is 0.579. The van der Waals surface area contributed by atoms with Crippen LogP contribution in [0.3, 0.4) is 0 Å². The Morgan fingerprint density at radius 3 is 2.50 bits per heavy atom. The Hall–Kier alpha value is -1.000. The second-order valence-corrected chi connectivity index (χ2v) is 11.1. The van der Waals surface area contributed by atoms with Gasteiger partial charge in [0.15, 0.2) is 0 Å². The highest BCUT2D eigenvalue weighted by Gasteiger charge is 2.29. The zero-order valence-corrected chi connectivity index (χ0v) is 20.1. The Morgan fingerprint density at radius 2 is 1.93 bits per heavy atom. The molecule has 0 bridgehead atoms. The van der Waals surface area contributed by atoms with Gasteiger partial charge < -0.3 is 10.6 Å². The van der Waals surface area contributed by atoms with Crippen LogP contribution in [0.2, 0.25) is 10.0 Å². The summed E-state index contributed by atoms with van der Waals surface area (Å²) in [6.07, 6.45) is 3.47. The molecule has 0 aromatic heterocycles. The molecule has 1 fully saturated rings. The predicted molar refractivity (Wildman–Crippen MR) is 123 cm³/mol. The lowest BCUT2D eigenvalue weighted by molar-refractivity contribution is -0.124. The molecule has 2 N–H and O–H groups in total. The van der Waals surface area contributed by atoms with Gasteiger partial charge in [0, 0.05) is 24.2 Å². The first-order chi connectivity index (χ1) is 14.2. The van der Waals surface area contributed by atoms with E-state index in [2.05, 4.69) is 10.6 Å². The maximum Gasteiger partial charge on any atom is 0.253 e. The fourth-order valence-corrected chi connectivity index (χ4v) is 5.27. The van der Waals surface area contributed by atoms with Gasteiger partial charge in [0.2, 0.25) is 15.9 Å². The second kappa shape index (κ2) is 11.6. The maximum absolute atomic E-state index is 12.8. The summed E-state index contributed by atoms with van der Waals surface area (Å²) in [5.74, 6) is 0.0426. The fourth-order valence-electron chi connectivity index (χ4n) is 3.18. The molecule has 11 heteroatoms. The van der Waals surface area contributed by atoms with Crippen molar-refractivity contribution >= 4 is 56.8 Å². The van der Waals surface area contributed by atoms with Crippen molar-refractivity contribution in [3.8, 4) is 0 Å². The summed E-state index contributed by atoms with van der Waals surface area (Å²) in [6.45, 7) is 2.38. The molecular formula is C19H27Cl2N3O4S2. The lowest BCUT2D eigenvalue weighted by Gasteiger charge is -2.32. The van der Waals surface area contributed by atoms with Crippen LogP contribution in [0.25, 0.3) is 0 Å². The zero-order valence-electron chi connectivity index (χ0n) is 17.0. The third kappa shape index (κ3) is 7.02. The van der Waals surface area contributed by atoms with Gasteiger partial charge in [0.25, 0.3) is 5.91 Å². The van der Waals surface area contributed by atoms with Crippen LogP contribution in [-0.4, -0.2) is 67.5 Å². The zero-order chi connectivity index (χ0) is 22.3. The number of thioether (sulfide) groups is 1. The molecular weight excluding hydrogens is 469 g/mol. The SMILES string of the molecule is CCS(=O)(=O)N1CCC(NC(=O)[C@H](CCSC)NC(=O)c2ccc(Cl)cc2Cl)CC1. The Labute approximate surface area is 192 Å². The standard InChI is InChI=1S/C19H27Cl2N3O4S2/c1-3-30(27,28)24-9-6-14(7-10-24)22-19(26)17(8-11-29-2)23-18(25)15-5-4-13(20)12-16(15)21/h4-5,12,14,17H,3,6-11H2,1-2H3,(H,22,26)(H,23,25)/t17-/m0/s1. The van der Waals surface area contributed by atoms with Crippen LogP contribution >= 0.6 is 35.0 Å². The number of benzene rings is 1. The van der Waals surface area contributed by atoms with Crippen LogP contribution in [0, 0.1) is 0 Å². The molecule has 7 nitrogen and oxygen atoms in total. The third-order valence-electron chi connectivity index (χ3n) is 4.97. The monoisotopic (exact) mass is 495 g/mol. The molecule has 0 unspecified atom stereocenters. The van der Waals surface area contributed by atoms with E-state index in [0.717, 1.165) is 0 Å². The van der Waals surface area contributed by atoms with Crippen molar-refractivity contribution in [3.05, 3.63) is 33.8 Å². The molecule has 0 saturated carbocycles. The van der Waals surface area contributed by atoms with E-state index in [1.165, 1.54) is 16.4 Å². The Bertz CT molecular complexity index is 859. The minimum atomic E-state index is -3.22. The van der Waals surface area contributed by atoms with E-state index in [4.69, 9.17) is 23.2 Å². The van der Waals surface area contributed by atoms with Crippen LogP contribution in [0.5, 0.6) is 0 Å². The first-order valence-electron chi connectivity index (χ1n) is 9.71. The van der Waals surface area contributed by atoms with E-state index in [0.29, 0.717) is 43.1 Å². The predicted octanol–water partition coefficient (Wildman–Crippen LogP) is 2.78.